The summed E-state index contributed by atoms with van der Waals surface area (Å²) >= 11 is 3.64. The highest BCUT2D eigenvalue weighted by Crippen LogP contribution is 2.45. The summed E-state index contributed by atoms with van der Waals surface area (Å²) < 4.78 is 11.8. The SMILES string of the molecule is CCNC(c1cc(OC)c(OC)cc1Br)C1CC1. The fourth-order valence-electron chi connectivity index (χ4n) is 2.29. The molecule has 1 aromatic rings. The molecule has 1 aromatic carbocycles. The van der Waals surface area contributed by atoms with Crippen LogP contribution in [0.25, 0.3) is 0 Å². The van der Waals surface area contributed by atoms with E-state index in [1.807, 2.05) is 6.07 Å². The van der Waals surface area contributed by atoms with E-state index >= 15 is 0 Å². The molecule has 0 amide bonds. The van der Waals surface area contributed by atoms with Crippen molar-refractivity contribution in [2.45, 2.75) is 25.8 Å². The Morgan fingerprint density at radius 3 is 2.39 bits per heavy atom. The number of nitrogens with one attached hydrogen (secondary N) is 1. The summed E-state index contributed by atoms with van der Waals surface area (Å²) in [6.45, 7) is 3.12. The summed E-state index contributed by atoms with van der Waals surface area (Å²) in [6.07, 6.45) is 2.61. The molecule has 3 nitrogen and oxygen atoms in total. The molecule has 2 rings (SSSR count). The number of rotatable bonds is 6. The van der Waals surface area contributed by atoms with Crippen LogP contribution < -0.4 is 14.8 Å². The number of halogens is 1. The van der Waals surface area contributed by atoms with E-state index in [1.165, 1.54) is 18.4 Å². The molecule has 1 N–H and O–H groups in total. The number of ether oxygens (including phenoxy) is 2. The van der Waals surface area contributed by atoms with Gasteiger partial charge < -0.3 is 14.8 Å². The Labute approximate surface area is 117 Å². The van der Waals surface area contributed by atoms with Crippen LogP contribution in [0.5, 0.6) is 11.5 Å². The molecule has 1 aliphatic rings. The normalized spacial score (nSPS) is 16.4. The molecule has 4 heteroatoms. The molecule has 1 fully saturated rings. The largest absolute Gasteiger partial charge is 0.493 e. The molecule has 0 saturated heterocycles. The molecule has 0 aromatic heterocycles. The van der Waals surface area contributed by atoms with Crippen LogP contribution in [0.4, 0.5) is 0 Å². The lowest BCUT2D eigenvalue weighted by molar-refractivity contribution is 0.353. The van der Waals surface area contributed by atoms with Crippen molar-refractivity contribution in [3.8, 4) is 11.5 Å². The predicted octanol–water partition coefficient (Wildman–Crippen LogP) is 3.53. The average molecular weight is 314 g/mol. The predicted molar refractivity (Wildman–Crippen MR) is 76.4 cm³/mol. The minimum Gasteiger partial charge on any atom is -0.493 e. The van der Waals surface area contributed by atoms with Crippen molar-refractivity contribution >= 4 is 15.9 Å². The van der Waals surface area contributed by atoms with Crippen LogP contribution >= 0.6 is 15.9 Å². The molecule has 0 heterocycles. The second kappa shape index (κ2) is 5.93. The lowest BCUT2D eigenvalue weighted by atomic mass is 10.0. The van der Waals surface area contributed by atoms with Crippen LogP contribution in [0.1, 0.15) is 31.4 Å². The van der Waals surface area contributed by atoms with Gasteiger partial charge in [-0.25, -0.2) is 0 Å². The zero-order chi connectivity index (χ0) is 13.1. The Kier molecular flexibility index (Phi) is 4.51. The van der Waals surface area contributed by atoms with Gasteiger partial charge in [-0.2, -0.15) is 0 Å². The zero-order valence-corrected chi connectivity index (χ0v) is 12.7. The van der Waals surface area contributed by atoms with E-state index in [0.29, 0.717) is 6.04 Å². The first-order chi connectivity index (χ1) is 8.71. The van der Waals surface area contributed by atoms with Gasteiger partial charge >= 0.3 is 0 Å². The molecular formula is C14H20BrNO2. The topological polar surface area (TPSA) is 30.5 Å². The number of methoxy groups -OCH3 is 2. The molecule has 1 atom stereocenters. The van der Waals surface area contributed by atoms with E-state index in [-0.39, 0.29) is 0 Å². The van der Waals surface area contributed by atoms with Gasteiger partial charge in [0.2, 0.25) is 0 Å². The maximum atomic E-state index is 5.39. The fourth-order valence-corrected chi connectivity index (χ4v) is 2.86. The van der Waals surface area contributed by atoms with Gasteiger partial charge in [0, 0.05) is 10.5 Å². The van der Waals surface area contributed by atoms with E-state index in [9.17, 15) is 0 Å². The van der Waals surface area contributed by atoms with Gasteiger partial charge in [0.25, 0.3) is 0 Å². The van der Waals surface area contributed by atoms with E-state index in [0.717, 1.165) is 28.4 Å². The fraction of sp³-hybridized carbons (Fsp3) is 0.571. The first-order valence-electron chi connectivity index (χ1n) is 6.36. The second-order valence-corrected chi connectivity index (χ2v) is 5.46. The number of hydrogen-bond donors (Lipinski definition) is 1. The van der Waals surface area contributed by atoms with E-state index in [4.69, 9.17) is 9.47 Å². The van der Waals surface area contributed by atoms with Gasteiger partial charge in [-0.05, 0) is 43.0 Å². The van der Waals surface area contributed by atoms with Gasteiger partial charge in [-0.1, -0.05) is 22.9 Å². The standard InChI is InChI=1S/C14H20BrNO2/c1-4-16-14(9-5-6-9)10-7-12(17-2)13(18-3)8-11(10)15/h7-9,14,16H,4-6H2,1-3H3. The third-order valence-corrected chi connectivity index (χ3v) is 4.04. The summed E-state index contributed by atoms with van der Waals surface area (Å²) in [5.41, 5.74) is 1.26. The van der Waals surface area contributed by atoms with Gasteiger partial charge in [-0.3, -0.25) is 0 Å². The number of benzene rings is 1. The van der Waals surface area contributed by atoms with Crippen molar-refractivity contribution < 1.29 is 9.47 Å². The quantitative estimate of drug-likeness (QED) is 0.871. The zero-order valence-electron chi connectivity index (χ0n) is 11.1. The summed E-state index contributed by atoms with van der Waals surface area (Å²) in [4.78, 5) is 0. The van der Waals surface area contributed by atoms with E-state index in [1.54, 1.807) is 14.2 Å². The smallest absolute Gasteiger partial charge is 0.161 e. The Morgan fingerprint density at radius 1 is 1.28 bits per heavy atom. The monoisotopic (exact) mass is 313 g/mol. The third kappa shape index (κ3) is 2.81. The molecule has 0 bridgehead atoms. The lowest BCUT2D eigenvalue weighted by Gasteiger charge is -2.21. The highest BCUT2D eigenvalue weighted by molar-refractivity contribution is 9.10. The summed E-state index contributed by atoms with van der Waals surface area (Å²) in [7, 11) is 3.33. The van der Waals surface area contributed by atoms with Crippen molar-refractivity contribution in [1.29, 1.82) is 0 Å². The van der Waals surface area contributed by atoms with Crippen molar-refractivity contribution in [1.82, 2.24) is 5.32 Å². The van der Waals surface area contributed by atoms with Crippen molar-refractivity contribution in [3.05, 3.63) is 22.2 Å². The van der Waals surface area contributed by atoms with Crippen molar-refractivity contribution in [2.75, 3.05) is 20.8 Å². The highest BCUT2D eigenvalue weighted by Gasteiger charge is 2.33. The first-order valence-corrected chi connectivity index (χ1v) is 7.15. The molecule has 100 valence electrons. The van der Waals surface area contributed by atoms with Gasteiger partial charge in [0.15, 0.2) is 11.5 Å². The Morgan fingerprint density at radius 2 is 1.89 bits per heavy atom. The molecule has 1 unspecified atom stereocenters. The maximum absolute atomic E-state index is 5.39. The first kappa shape index (κ1) is 13.7. The molecule has 0 radical (unpaired) electrons. The van der Waals surface area contributed by atoms with Crippen molar-refractivity contribution in [2.24, 2.45) is 5.92 Å². The van der Waals surface area contributed by atoms with Crippen LogP contribution in [0.15, 0.2) is 16.6 Å². The molecule has 1 aliphatic carbocycles. The van der Waals surface area contributed by atoms with E-state index in [2.05, 4.69) is 34.2 Å². The molecule has 0 aliphatic heterocycles. The van der Waals surface area contributed by atoms with Crippen LogP contribution in [-0.2, 0) is 0 Å². The van der Waals surface area contributed by atoms with Crippen LogP contribution in [0.3, 0.4) is 0 Å². The maximum Gasteiger partial charge on any atom is 0.161 e. The van der Waals surface area contributed by atoms with Crippen LogP contribution in [0.2, 0.25) is 0 Å². The third-order valence-electron chi connectivity index (χ3n) is 3.36. The van der Waals surface area contributed by atoms with Gasteiger partial charge in [0.05, 0.1) is 14.2 Å². The van der Waals surface area contributed by atoms with E-state index < -0.39 is 0 Å². The molecule has 18 heavy (non-hydrogen) atoms. The Balaban J connectivity index is 2.35. The van der Waals surface area contributed by atoms with Crippen LogP contribution in [-0.4, -0.2) is 20.8 Å². The van der Waals surface area contributed by atoms with Crippen LogP contribution in [0, 0.1) is 5.92 Å². The van der Waals surface area contributed by atoms with Gasteiger partial charge in [-0.15, -0.1) is 0 Å². The molecule has 0 spiro atoms. The Bertz CT molecular complexity index is 419. The van der Waals surface area contributed by atoms with Gasteiger partial charge in [0.1, 0.15) is 0 Å². The summed E-state index contributed by atoms with van der Waals surface area (Å²) in [5, 5.41) is 3.56. The Hall–Kier alpha value is -0.740. The minimum absolute atomic E-state index is 0.407. The summed E-state index contributed by atoms with van der Waals surface area (Å²) in [6, 6.07) is 4.47. The van der Waals surface area contributed by atoms with Crippen molar-refractivity contribution in [3.63, 3.8) is 0 Å². The molecular weight excluding hydrogens is 294 g/mol. The molecule has 1 saturated carbocycles. The average Bonchev–Trinajstić information content (AvgIpc) is 3.20. The summed E-state index contributed by atoms with van der Waals surface area (Å²) in [5.74, 6) is 2.30. The second-order valence-electron chi connectivity index (χ2n) is 4.60. The minimum atomic E-state index is 0.407. The number of hydrogen-bond acceptors (Lipinski definition) is 3. The lowest BCUT2D eigenvalue weighted by Crippen LogP contribution is -2.23. The highest BCUT2D eigenvalue weighted by atomic mass is 79.9.